The number of benzene rings is 1. The molecule has 0 aliphatic heterocycles. The van der Waals surface area contributed by atoms with Crippen LogP contribution in [0.3, 0.4) is 0 Å². The van der Waals surface area contributed by atoms with Crippen molar-refractivity contribution in [2.75, 3.05) is 0 Å². The Bertz CT molecular complexity index is 484. The van der Waals surface area contributed by atoms with Gasteiger partial charge in [-0.05, 0) is 13.0 Å². The molecule has 0 atom stereocenters. The highest BCUT2D eigenvalue weighted by Crippen LogP contribution is 2.23. The van der Waals surface area contributed by atoms with Crippen molar-refractivity contribution < 1.29 is 14.5 Å². The van der Waals surface area contributed by atoms with Gasteiger partial charge in [-0.15, -0.1) is 0 Å². The van der Waals surface area contributed by atoms with Crippen molar-refractivity contribution in [3.63, 3.8) is 0 Å². The van der Waals surface area contributed by atoms with Gasteiger partial charge in [-0.1, -0.05) is 11.6 Å². The summed E-state index contributed by atoms with van der Waals surface area (Å²) in [5, 5.41) is 10.7. The first-order valence-electron chi connectivity index (χ1n) is 4.88. The van der Waals surface area contributed by atoms with Gasteiger partial charge < -0.3 is 4.79 Å². The van der Waals surface area contributed by atoms with Gasteiger partial charge in [0.05, 0.1) is 9.95 Å². The van der Waals surface area contributed by atoms with Gasteiger partial charge >= 0.3 is 0 Å². The van der Waals surface area contributed by atoms with Crippen LogP contribution in [0.2, 0.25) is 5.02 Å². The van der Waals surface area contributed by atoms with Crippen LogP contribution in [-0.4, -0.2) is 16.5 Å². The van der Waals surface area contributed by atoms with Crippen molar-refractivity contribution in [2.45, 2.75) is 19.8 Å². The van der Waals surface area contributed by atoms with Crippen molar-refractivity contribution in [1.82, 2.24) is 0 Å². The molecule has 1 aromatic rings. The SMILES string of the molecule is CC(=O)CCC(=O)c1cc([N+](=O)[O-])ccc1Cl. The maximum absolute atomic E-state index is 11.7. The Morgan fingerprint density at radius 2 is 2.00 bits per heavy atom. The summed E-state index contributed by atoms with van der Waals surface area (Å²) < 4.78 is 0. The summed E-state index contributed by atoms with van der Waals surface area (Å²) in [7, 11) is 0. The van der Waals surface area contributed by atoms with E-state index in [2.05, 4.69) is 0 Å². The number of rotatable bonds is 5. The molecule has 17 heavy (non-hydrogen) atoms. The molecule has 0 unspecified atom stereocenters. The summed E-state index contributed by atoms with van der Waals surface area (Å²) in [5.41, 5.74) is -0.109. The van der Waals surface area contributed by atoms with E-state index in [9.17, 15) is 19.7 Å². The lowest BCUT2D eigenvalue weighted by Crippen LogP contribution is -2.04. The fourth-order valence-corrected chi connectivity index (χ4v) is 1.49. The fourth-order valence-electron chi connectivity index (χ4n) is 1.26. The molecular weight excluding hydrogens is 246 g/mol. The molecule has 5 nitrogen and oxygen atoms in total. The van der Waals surface area contributed by atoms with Crippen LogP contribution in [0.15, 0.2) is 18.2 Å². The average Bonchev–Trinajstić information content (AvgIpc) is 2.26. The molecule has 0 fully saturated rings. The summed E-state index contributed by atoms with van der Waals surface area (Å²) >= 11 is 5.78. The van der Waals surface area contributed by atoms with E-state index in [1.54, 1.807) is 0 Å². The summed E-state index contributed by atoms with van der Waals surface area (Å²) in [4.78, 5) is 32.4. The van der Waals surface area contributed by atoms with Crippen molar-refractivity contribution in [3.8, 4) is 0 Å². The highest BCUT2D eigenvalue weighted by molar-refractivity contribution is 6.34. The maximum Gasteiger partial charge on any atom is 0.270 e. The molecule has 0 heterocycles. The number of hydrogen-bond acceptors (Lipinski definition) is 4. The third-order valence-electron chi connectivity index (χ3n) is 2.17. The first-order valence-corrected chi connectivity index (χ1v) is 5.26. The van der Waals surface area contributed by atoms with Crippen molar-refractivity contribution >= 4 is 28.9 Å². The molecule has 0 spiro atoms. The number of non-ortho nitro benzene ring substituents is 1. The van der Waals surface area contributed by atoms with Crippen LogP contribution in [0.25, 0.3) is 0 Å². The van der Waals surface area contributed by atoms with Crippen LogP contribution in [0.5, 0.6) is 0 Å². The van der Waals surface area contributed by atoms with E-state index in [-0.39, 0.29) is 40.7 Å². The van der Waals surface area contributed by atoms with Crippen LogP contribution >= 0.6 is 11.6 Å². The number of nitro benzene ring substituents is 1. The predicted molar refractivity (Wildman–Crippen MR) is 62.4 cm³/mol. The van der Waals surface area contributed by atoms with Gasteiger partial charge in [-0.2, -0.15) is 0 Å². The van der Waals surface area contributed by atoms with Crippen LogP contribution in [0.1, 0.15) is 30.1 Å². The van der Waals surface area contributed by atoms with Crippen molar-refractivity contribution in [2.24, 2.45) is 0 Å². The molecule has 0 aliphatic rings. The van der Waals surface area contributed by atoms with Crippen LogP contribution in [-0.2, 0) is 4.79 Å². The van der Waals surface area contributed by atoms with E-state index >= 15 is 0 Å². The lowest BCUT2D eigenvalue weighted by atomic mass is 10.0. The Hall–Kier alpha value is -1.75. The quantitative estimate of drug-likeness (QED) is 0.460. The number of hydrogen-bond donors (Lipinski definition) is 0. The van der Waals surface area contributed by atoms with E-state index in [0.717, 1.165) is 6.07 Å². The lowest BCUT2D eigenvalue weighted by Gasteiger charge is -2.02. The van der Waals surface area contributed by atoms with E-state index in [1.165, 1.54) is 19.1 Å². The minimum atomic E-state index is -0.599. The molecule has 0 aliphatic carbocycles. The third kappa shape index (κ3) is 3.64. The van der Waals surface area contributed by atoms with Gasteiger partial charge in [0.1, 0.15) is 5.78 Å². The van der Waals surface area contributed by atoms with Gasteiger partial charge in [0, 0.05) is 30.5 Å². The van der Waals surface area contributed by atoms with Crippen LogP contribution in [0.4, 0.5) is 5.69 Å². The van der Waals surface area contributed by atoms with Crippen LogP contribution < -0.4 is 0 Å². The smallest absolute Gasteiger partial charge is 0.270 e. The molecule has 0 aromatic heterocycles. The summed E-state index contributed by atoms with van der Waals surface area (Å²) in [6.07, 6.45) is 0.119. The molecule has 0 saturated heterocycles. The summed E-state index contributed by atoms with van der Waals surface area (Å²) in [5.74, 6) is -0.478. The Kier molecular flexibility index (Phi) is 4.34. The fraction of sp³-hybridized carbons (Fsp3) is 0.273. The molecular formula is C11H10ClNO4. The van der Waals surface area contributed by atoms with Crippen molar-refractivity contribution in [1.29, 1.82) is 0 Å². The Labute approximate surface area is 103 Å². The zero-order valence-corrected chi connectivity index (χ0v) is 9.86. The molecule has 6 heteroatoms. The Morgan fingerprint density at radius 3 is 2.53 bits per heavy atom. The zero-order chi connectivity index (χ0) is 13.0. The number of carbonyl (C=O) groups is 2. The first-order chi connectivity index (χ1) is 7.91. The van der Waals surface area contributed by atoms with Crippen LogP contribution in [0, 0.1) is 10.1 Å². The third-order valence-corrected chi connectivity index (χ3v) is 2.49. The maximum atomic E-state index is 11.7. The summed E-state index contributed by atoms with van der Waals surface area (Å²) in [6, 6.07) is 3.66. The second-order valence-corrected chi connectivity index (χ2v) is 3.95. The lowest BCUT2D eigenvalue weighted by molar-refractivity contribution is -0.384. The zero-order valence-electron chi connectivity index (χ0n) is 9.10. The van der Waals surface area contributed by atoms with Gasteiger partial charge in [-0.3, -0.25) is 14.9 Å². The Balaban J connectivity index is 2.95. The Morgan fingerprint density at radius 1 is 1.35 bits per heavy atom. The average molecular weight is 256 g/mol. The number of carbonyl (C=O) groups excluding carboxylic acids is 2. The molecule has 1 aromatic carbocycles. The largest absolute Gasteiger partial charge is 0.300 e. The number of halogens is 1. The van der Waals surface area contributed by atoms with E-state index < -0.39 is 4.92 Å². The van der Waals surface area contributed by atoms with Gasteiger partial charge in [0.2, 0.25) is 0 Å². The molecule has 0 N–H and O–H groups in total. The van der Waals surface area contributed by atoms with Gasteiger partial charge in [0.15, 0.2) is 5.78 Å². The van der Waals surface area contributed by atoms with E-state index in [0.29, 0.717) is 0 Å². The standard InChI is InChI=1S/C11H10ClNO4/c1-7(14)2-5-11(15)9-6-8(13(16)17)3-4-10(9)12/h3-4,6H,2,5H2,1H3. The van der Waals surface area contributed by atoms with E-state index in [4.69, 9.17) is 11.6 Å². The topological polar surface area (TPSA) is 77.3 Å². The van der Waals surface area contributed by atoms with E-state index in [1.807, 2.05) is 0 Å². The monoisotopic (exact) mass is 255 g/mol. The van der Waals surface area contributed by atoms with Gasteiger partial charge in [-0.25, -0.2) is 0 Å². The highest BCUT2D eigenvalue weighted by atomic mass is 35.5. The number of nitrogens with zero attached hydrogens (tertiary/aromatic N) is 1. The van der Waals surface area contributed by atoms with Crippen molar-refractivity contribution in [3.05, 3.63) is 38.9 Å². The second kappa shape index (κ2) is 5.54. The molecule has 0 saturated carbocycles. The molecule has 0 radical (unpaired) electrons. The predicted octanol–water partition coefficient (Wildman–Crippen LogP) is 2.80. The molecule has 90 valence electrons. The molecule has 0 bridgehead atoms. The van der Waals surface area contributed by atoms with Gasteiger partial charge in [0.25, 0.3) is 5.69 Å². The highest BCUT2D eigenvalue weighted by Gasteiger charge is 2.15. The molecule has 1 rings (SSSR count). The molecule has 0 amide bonds. The normalized spacial score (nSPS) is 10.0. The minimum absolute atomic E-state index is 0.0101. The minimum Gasteiger partial charge on any atom is -0.300 e. The number of nitro groups is 1. The summed E-state index contributed by atoms with van der Waals surface area (Å²) in [6.45, 7) is 1.38. The number of Topliss-reactive ketones (excluding diaryl/α,β-unsaturated/α-hetero) is 2. The number of ketones is 2. The second-order valence-electron chi connectivity index (χ2n) is 3.55. The first kappa shape index (κ1) is 13.3.